The standard InChI is InChI=1S/C23H21N3O3S2/c1-15(12-17-9-4-3-5-10-17)13-19-22(29)26(23(30)31-19)14-20(27)24-25-21(28)18-11-7-6-8-16(18)2/h3-13H,14H2,1-2H3,(H,24,27)(H,25,28)/b15-12+,19-13-. The number of thiocarbonyl (C=S) groups is 1. The first kappa shape index (κ1) is 22.5. The van der Waals surface area contributed by atoms with Gasteiger partial charge in [0.1, 0.15) is 10.9 Å². The molecular weight excluding hydrogens is 430 g/mol. The molecule has 0 bridgehead atoms. The van der Waals surface area contributed by atoms with E-state index >= 15 is 0 Å². The Bertz CT molecular complexity index is 1090. The molecule has 0 aliphatic carbocycles. The average Bonchev–Trinajstić information content (AvgIpc) is 3.00. The lowest BCUT2D eigenvalue weighted by atomic mass is 10.1. The number of benzene rings is 2. The van der Waals surface area contributed by atoms with Crippen molar-refractivity contribution in [2.24, 2.45) is 0 Å². The van der Waals surface area contributed by atoms with Gasteiger partial charge in [-0.3, -0.25) is 30.1 Å². The maximum Gasteiger partial charge on any atom is 0.269 e. The number of amides is 3. The van der Waals surface area contributed by atoms with E-state index in [1.54, 1.807) is 31.2 Å². The summed E-state index contributed by atoms with van der Waals surface area (Å²) in [5, 5.41) is 0. The number of nitrogens with one attached hydrogen (secondary N) is 2. The molecule has 0 unspecified atom stereocenters. The summed E-state index contributed by atoms with van der Waals surface area (Å²) in [7, 11) is 0. The van der Waals surface area contributed by atoms with Crippen molar-refractivity contribution in [1.29, 1.82) is 0 Å². The molecule has 0 spiro atoms. The van der Waals surface area contributed by atoms with Crippen molar-refractivity contribution < 1.29 is 14.4 Å². The van der Waals surface area contributed by atoms with Crippen LogP contribution in [0.5, 0.6) is 0 Å². The summed E-state index contributed by atoms with van der Waals surface area (Å²) in [6.45, 7) is 3.42. The van der Waals surface area contributed by atoms with Crippen molar-refractivity contribution in [1.82, 2.24) is 15.8 Å². The molecule has 2 N–H and O–H groups in total. The number of thioether (sulfide) groups is 1. The average molecular weight is 452 g/mol. The Hall–Kier alpha value is -3.23. The maximum atomic E-state index is 12.7. The molecule has 8 heteroatoms. The van der Waals surface area contributed by atoms with E-state index in [0.717, 1.165) is 28.5 Å². The molecule has 3 amide bonds. The summed E-state index contributed by atoms with van der Waals surface area (Å²) in [5.41, 5.74) is 7.85. The van der Waals surface area contributed by atoms with Crippen LogP contribution in [0.1, 0.15) is 28.4 Å². The molecule has 1 heterocycles. The van der Waals surface area contributed by atoms with Crippen LogP contribution in [0, 0.1) is 6.92 Å². The Balaban J connectivity index is 1.59. The minimum Gasteiger partial charge on any atom is -0.283 e. The normalized spacial score (nSPS) is 15.4. The monoisotopic (exact) mass is 451 g/mol. The minimum absolute atomic E-state index is 0.280. The van der Waals surface area contributed by atoms with Crippen LogP contribution in [0.4, 0.5) is 0 Å². The molecule has 6 nitrogen and oxygen atoms in total. The van der Waals surface area contributed by atoms with E-state index in [1.165, 1.54) is 4.90 Å². The summed E-state index contributed by atoms with van der Waals surface area (Å²) in [4.78, 5) is 38.8. The lowest BCUT2D eigenvalue weighted by molar-refractivity contribution is -0.129. The van der Waals surface area contributed by atoms with E-state index in [-0.39, 0.29) is 12.5 Å². The van der Waals surface area contributed by atoms with Gasteiger partial charge in [0.05, 0.1) is 4.91 Å². The van der Waals surface area contributed by atoms with Crippen molar-refractivity contribution in [3.8, 4) is 0 Å². The first-order valence-corrected chi connectivity index (χ1v) is 10.7. The third-order valence-electron chi connectivity index (χ3n) is 4.43. The van der Waals surface area contributed by atoms with E-state index in [1.807, 2.05) is 49.4 Å². The van der Waals surface area contributed by atoms with Gasteiger partial charge in [-0.15, -0.1) is 0 Å². The van der Waals surface area contributed by atoms with Gasteiger partial charge in [-0.25, -0.2) is 0 Å². The molecule has 0 radical (unpaired) electrons. The number of carbonyl (C=O) groups excluding carboxylic acids is 3. The largest absolute Gasteiger partial charge is 0.283 e. The molecule has 0 aromatic heterocycles. The summed E-state index contributed by atoms with van der Waals surface area (Å²) in [6.07, 6.45) is 3.71. The van der Waals surface area contributed by atoms with Crippen LogP contribution in [0.15, 0.2) is 71.2 Å². The lowest BCUT2D eigenvalue weighted by Gasteiger charge is -2.15. The van der Waals surface area contributed by atoms with Crippen LogP contribution < -0.4 is 10.9 Å². The van der Waals surface area contributed by atoms with E-state index in [0.29, 0.717) is 14.8 Å². The fourth-order valence-corrected chi connectivity index (χ4v) is 4.21. The van der Waals surface area contributed by atoms with Crippen molar-refractivity contribution in [3.63, 3.8) is 0 Å². The predicted octanol–water partition coefficient (Wildman–Crippen LogP) is 3.60. The molecule has 1 fully saturated rings. The second-order valence-electron chi connectivity index (χ2n) is 6.88. The van der Waals surface area contributed by atoms with E-state index in [9.17, 15) is 14.4 Å². The Morgan fingerprint density at radius 2 is 1.74 bits per heavy atom. The number of allylic oxidation sites excluding steroid dienone is 2. The van der Waals surface area contributed by atoms with Gasteiger partial charge >= 0.3 is 0 Å². The zero-order chi connectivity index (χ0) is 22.4. The van der Waals surface area contributed by atoms with Gasteiger partial charge in [-0.2, -0.15) is 0 Å². The topological polar surface area (TPSA) is 78.5 Å². The number of hydrogen-bond acceptors (Lipinski definition) is 5. The van der Waals surface area contributed by atoms with Crippen LogP contribution in [-0.4, -0.2) is 33.5 Å². The highest BCUT2D eigenvalue weighted by atomic mass is 32.2. The third-order valence-corrected chi connectivity index (χ3v) is 5.81. The Labute approximate surface area is 190 Å². The number of hydrazine groups is 1. The molecule has 0 atom stereocenters. The number of rotatable bonds is 5. The summed E-state index contributed by atoms with van der Waals surface area (Å²) in [6, 6.07) is 16.8. The van der Waals surface area contributed by atoms with E-state index in [2.05, 4.69) is 10.9 Å². The first-order valence-electron chi connectivity index (χ1n) is 9.48. The molecule has 1 aliphatic heterocycles. The summed E-state index contributed by atoms with van der Waals surface area (Å²) >= 11 is 6.41. The van der Waals surface area contributed by atoms with Gasteiger partial charge in [0, 0.05) is 5.56 Å². The third kappa shape index (κ3) is 5.90. The fraction of sp³-hybridized carbons (Fsp3) is 0.130. The Kier molecular flexibility index (Phi) is 7.38. The highest BCUT2D eigenvalue weighted by Crippen LogP contribution is 2.31. The molecule has 3 rings (SSSR count). The van der Waals surface area contributed by atoms with Gasteiger partial charge < -0.3 is 0 Å². The second-order valence-corrected chi connectivity index (χ2v) is 8.56. The predicted molar refractivity (Wildman–Crippen MR) is 127 cm³/mol. The van der Waals surface area contributed by atoms with Crippen LogP contribution in [0.3, 0.4) is 0 Å². The molecular formula is C23H21N3O3S2. The van der Waals surface area contributed by atoms with E-state index < -0.39 is 11.8 Å². The van der Waals surface area contributed by atoms with Crippen molar-refractivity contribution in [2.45, 2.75) is 13.8 Å². The first-order chi connectivity index (χ1) is 14.8. The van der Waals surface area contributed by atoms with E-state index in [4.69, 9.17) is 12.2 Å². The quantitative estimate of drug-likeness (QED) is 0.413. The van der Waals surface area contributed by atoms with Gasteiger partial charge in [0.15, 0.2) is 0 Å². The number of nitrogens with zero attached hydrogens (tertiary/aromatic N) is 1. The van der Waals surface area contributed by atoms with Gasteiger partial charge in [-0.1, -0.05) is 78.6 Å². The Morgan fingerprint density at radius 3 is 2.45 bits per heavy atom. The molecule has 2 aromatic rings. The summed E-state index contributed by atoms with van der Waals surface area (Å²) < 4.78 is 0.296. The van der Waals surface area contributed by atoms with Crippen LogP contribution in [0.25, 0.3) is 6.08 Å². The zero-order valence-electron chi connectivity index (χ0n) is 17.0. The maximum absolute atomic E-state index is 12.7. The zero-order valence-corrected chi connectivity index (χ0v) is 18.7. The van der Waals surface area contributed by atoms with Gasteiger partial charge in [0.2, 0.25) is 0 Å². The van der Waals surface area contributed by atoms with Crippen molar-refractivity contribution in [3.05, 3.63) is 87.8 Å². The second kappa shape index (κ2) is 10.2. The number of aryl methyl sites for hydroxylation is 1. The summed E-state index contributed by atoms with van der Waals surface area (Å²) in [5.74, 6) is -1.31. The lowest BCUT2D eigenvalue weighted by Crippen LogP contribution is -2.47. The SMILES string of the molecule is CC(/C=C1\SC(=S)N(CC(=O)NNC(=O)c2ccccc2C)C1=O)=C\c1ccccc1. The number of hydrogen-bond donors (Lipinski definition) is 2. The van der Waals surface area contributed by atoms with Crippen LogP contribution in [0.2, 0.25) is 0 Å². The minimum atomic E-state index is -0.545. The number of carbonyl (C=O) groups is 3. The molecule has 0 saturated carbocycles. The smallest absolute Gasteiger partial charge is 0.269 e. The van der Waals surface area contributed by atoms with Crippen LogP contribution >= 0.6 is 24.0 Å². The highest BCUT2D eigenvalue weighted by molar-refractivity contribution is 8.26. The van der Waals surface area contributed by atoms with Gasteiger partial charge in [0.25, 0.3) is 17.7 Å². The highest BCUT2D eigenvalue weighted by Gasteiger charge is 2.33. The fourth-order valence-electron chi connectivity index (χ4n) is 2.90. The molecule has 31 heavy (non-hydrogen) atoms. The van der Waals surface area contributed by atoms with Gasteiger partial charge in [-0.05, 0) is 42.7 Å². The Morgan fingerprint density at radius 1 is 1.06 bits per heavy atom. The van der Waals surface area contributed by atoms with Crippen LogP contribution in [-0.2, 0) is 9.59 Å². The molecule has 158 valence electrons. The van der Waals surface area contributed by atoms with Crippen molar-refractivity contribution in [2.75, 3.05) is 6.54 Å². The molecule has 2 aromatic carbocycles. The molecule has 1 aliphatic rings. The van der Waals surface area contributed by atoms with Crippen molar-refractivity contribution >= 4 is 52.1 Å². The molecule has 1 saturated heterocycles.